The Kier molecular flexibility index (Phi) is 4.28. The fraction of sp³-hybridized carbons (Fsp3) is 0.417. The van der Waals surface area contributed by atoms with Gasteiger partial charge < -0.3 is 5.11 Å². The summed E-state index contributed by atoms with van der Waals surface area (Å²) in [5.41, 5.74) is -0.449. The molecule has 0 bridgehead atoms. The topological polar surface area (TPSA) is 37.3 Å². The Bertz CT molecular complexity index is 382. The summed E-state index contributed by atoms with van der Waals surface area (Å²) in [5, 5.41) is 9.61. The minimum absolute atomic E-state index is 0.0676. The molecule has 1 aromatic rings. The summed E-state index contributed by atoms with van der Waals surface area (Å²) in [6, 6.07) is 4.18. The lowest BCUT2D eigenvalue weighted by Gasteiger charge is -2.11. The normalized spacial score (nSPS) is 13.5. The largest absolute Gasteiger partial charge is 0.416 e. The van der Waals surface area contributed by atoms with Crippen molar-refractivity contribution in [2.24, 2.45) is 0 Å². The Labute approximate surface area is 97.1 Å². The molecule has 0 aromatic heterocycles. The highest BCUT2D eigenvalue weighted by Crippen LogP contribution is 2.30. The van der Waals surface area contributed by atoms with E-state index < -0.39 is 17.8 Å². The average molecular weight is 246 g/mol. The zero-order valence-corrected chi connectivity index (χ0v) is 9.29. The van der Waals surface area contributed by atoms with E-state index in [1.165, 1.54) is 12.1 Å². The molecule has 0 aliphatic heterocycles. The quantitative estimate of drug-likeness (QED) is 0.886. The predicted molar refractivity (Wildman–Crippen MR) is 56.3 cm³/mol. The summed E-state index contributed by atoms with van der Waals surface area (Å²) in [7, 11) is 0. The van der Waals surface area contributed by atoms with Crippen LogP contribution in [0.2, 0.25) is 0 Å². The van der Waals surface area contributed by atoms with E-state index in [9.17, 15) is 23.1 Å². The Morgan fingerprint density at radius 2 is 1.82 bits per heavy atom. The van der Waals surface area contributed by atoms with Crippen LogP contribution in [0, 0.1) is 0 Å². The van der Waals surface area contributed by atoms with Gasteiger partial charge in [0.2, 0.25) is 0 Å². The molecule has 0 heterocycles. The zero-order chi connectivity index (χ0) is 13.1. The van der Waals surface area contributed by atoms with Gasteiger partial charge in [-0.15, -0.1) is 0 Å². The zero-order valence-electron chi connectivity index (χ0n) is 9.29. The second-order valence-electron chi connectivity index (χ2n) is 3.73. The number of Topliss-reactive ketones (excluding diaryl/α,β-unsaturated/α-hetero) is 1. The number of hydrogen-bond acceptors (Lipinski definition) is 2. The van der Waals surface area contributed by atoms with Crippen molar-refractivity contribution in [2.45, 2.75) is 32.0 Å². The SMILES string of the molecule is CCC(=O)C[C@@H](O)c1ccc(C(F)(F)F)cc1. The van der Waals surface area contributed by atoms with Crippen molar-refractivity contribution in [3.63, 3.8) is 0 Å². The smallest absolute Gasteiger partial charge is 0.388 e. The summed E-state index contributed by atoms with van der Waals surface area (Å²) in [5.74, 6) is -0.127. The highest BCUT2D eigenvalue weighted by molar-refractivity contribution is 5.78. The third-order valence-corrected chi connectivity index (χ3v) is 2.44. The molecule has 0 aliphatic carbocycles. The molecule has 0 saturated heterocycles. The second-order valence-corrected chi connectivity index (χ2v) is 3.73. The third-order valence-electron chi connectivity index (χ3n) is 2.44. The lowest BCUT2D eigenvalue weighted by Crippen LogP contribution is -2.07. The van der Waals surface area contributed by atoms with Crippen molar-refractivity contribution in [1.29, 1.82) is 0 Å². The van der Waals surface area contributed by atoms with Crippen molar-refractivity contribution in [3.8, 4) is 0 Å². The summed E-state index contributed by atoms with van der Waals surface area (Å²) < 4.78 is 36.8. The van der Waals surface area contributed by atoms with Crippen molar-refractivity contribution in [1.82, 2.24) is 0 Å². The summed E-state index contributed by atoms with van der Waals surface area (Å²) >= 11 is 0. The number of aliphatic hydroxyl groups is 1. The van der Waals surface area contributed by atoms with Gasteiger partial charge in [-0.2, -0.15) is 13.2 Å². The molecule has 0 spiro atoms. The highest BCUT2D eigenvalue weighted by atomic mass is 19.4. The van der Waals surface area contributed by atoms with E-state index in [2.05, 4.69) is 0 Å². The Morgan fingerprint density at radius 3 is 2.24 bits per heavy atom. The van der Waals surface area contributed by atoms with Gasteiger partial charge in [0, 0.05) is 12.8 Å². The van der Waals surface area contributed by atoms with E-state index in [1.807, 2.05) is 0 Å². The van der Waals surface area contributed by atoms with E-state index in [-0.39, 0.29) is 12.2 Å². The molecule has 0 saturated carbocycles. The predicted octanol–water partition coefficient (Wildman–Crippen LogP) is 3.11. The van der Waals surface area contributed by atoms with Crippen LogP contribution in [0.5, 0.6) is 0 Å². The van der Waals surface area contributed by atoms with Crippen LogP contribution in [0.15, 0.2) is 24.3 Å². The molecule has 0 fully saturated rings. The molecule has 1 atom stereocenters. The van der Waals surface area contributed by atoms with Gasteiger partial charge in [-0.1, -0.05) is 19.1 Å². The number of carbonyl (C=O) groups excluding carboxylic acids is 1. The maximum absolute atomic E-state index is 12.3. The Hall–Kier alpha value is -1.36. The fourth-order valence-corrected chi connectivity index (χ4v) is 1.37. The maximum Gasteiger partial charge on any atom is 0.416 e. The number of rotatable bonds is 4. The summed E-state index contributed by atoms with van der Waals surface area (Å²) in [4.78, 5) is 11.1. The maximum atomic E-state index is 12.3. The van der Waals surface area contributed by atoms with Gasteiger partial charge >= 0.3 is 6.18 Å². The number of halogens is 3. The molecule has 5 heteroatoms. The van der Waals surface area contributed by atoms with Crippen LogP contribution in [0.1, 0.15) is 37.0 Å². The van der Waals surface area contributed by atoms with Crippen molar-refractivity contribution in [2.75, 3.05) is 0 Å². The average Bonchev–Trinajstić information content (AvgIpc) is 2.27. The van der Waals surface area contributed by atoms with Gasteiger partial charge in [0.1, 0.15) is 5.78 Å². The molecule has 1 N–H and O–H groups in total. The van der Waals surface area contributed by atoms with Crippen LogP contribution in [0.3, 0.4) is 0 Å². The molecule has 1 aromatic carbocycles. The summed E-state index contributed by atoms with van der Waals surface area (Å²) in [6.45, 7) is 1.67. The second kappa shape index (κ2) is 5.31. The molecule has 0 amide bonds. The van der Waals surface area contributed by atoms with Gasteiger partial charge in [-0.05, 0) is 17.7 Å². The number of hydrogen-bond donors (Lipinski definition) is 1. The van der Waals surface area contributed by atoms with E-state index in [1.54, 1.807) is 6.92 Å². The Morgan fingerprint density at radius 1 is 1.29 bits per heavy atom. The van der Waals surface area contributed by atoms with Crippen LogP contribution in [0.4, 0.5) is 13.2 Å². The number of benzene rings is 1. The molecule has 0 unspecified atom stereocenters. The molecule has 94 valence electrons. The Balaban J connectivity index is 2.77. The fourth-order valence-electron chi connectivity index (χ4n) is 1.37. The first-order valence-electron chi connectivity index (χ1n) is 5.21. The van der Waals surface area contributed by atoms with Gasteiger partial charge in [-0.3, -0.25) is 4.79 Å². The molecule has 0 aliphatic rings. The highest BCUT2D eigenvalue weighted by Gasteiger charge is 2.30. The molecule has 17 heavy (non-hydrogen) atoms. The van der Waals surface area contributed by atoms with E-state index >= 15 is 0 Å². The third kappa shape index (κ3) is 3.85. The van der Waals surface area contributed by atoms with Crippen LogP contribution in [0.25, 0.3) is 0 Å². The minimum atomic E-state index is -4.39. The number of ketones is 1. The van der Waals surface area contributed by atoms with E-state index in [0.29, 0.717) is 12.0 Å². The first-order valence-corrected chi connectivity index (χ1v) is 5.21. The van der Waals surface area contributed by atoms with Crippen LogP contribution < -0.4 is 0 Å². The summed E-state index contributed by atoms with van der Waals surface area (Å²) in [6.07, 6.45) is -5.19. The van der Waals surface area contributed by atoms with Gasteiger partial charge in [0.15, 0.2) is 0 Å². The standard InChI is InChI=1S/C12H13F3O2/c1-2-10(16)7-11(17)8-3-5-9(6-4-8)12(13,14)15/h3-6,11,17H,2,7H2,1H3/t11-/m1/s1. The van der Waals surface area contributed by atoms with E-state index in [0.717, 1.165) is 12.1 Å². The van der Waals surface area contributed by atoms with Crippen molar-refractivity contribution in [3.05, 3.63) is 35.4 Å². The van der Waals surface area contributed by atoms with Crippen LogP contribution in [-0.2, 0) is 11.0 Å². The van der Waals surface area contributed by atoms with Gasteiger partial charge in [-0.25, -0.2) is 0 Å². The lowest BCUT2D eigenvalue weighted by atomic mass is 10.0. The number of aliphatic hydroxyl groups excluding tert-OH is 1. The number of alkyl halides is 3. The molecule has 0 radical (unpaired) electrons. The first kappa shape index (κ1) is 13.7. The van der Waals surface area contributed by atoms with Crippen molar-refractivity contribution < 1.29 is 23.1 Å². The first-order chi connectivity index (χ1) is 7.84. The van der Waals surface area contributed by atoms with Crippen LogP contribution >= 0.6 is 0 Å². The molecular formula is C12H13F3O2. The molecule has 1 rings (SSSR count). The molecule has 2 nitrogen and oxygen atoms in total. The van der Waals surface area contributed by atoms with Gasteiger partial charge in [0.05, 0.1) is 11.7 Å². The molecular weight excluding hydrogens is 233 g/mol. The monoisotopic (exact) mass is 246 g/mol. The van der Waals surface area contributed by atoms with Gasteiger partial charge in [0.25, 0.3) is 0 Å². The van der Waals surface area contributed by atoms with Crippen molar-refractivity contribution >= 4 is 5.78 Å². The lowest BCUT2D eigenvalue weighted by molar-refractivity contribution is -0.137. The van der Waals surface area contributed by atoms with E-state index in [4.69, 9.17) is 0 Å². The number of carbonyl (C=O) groups is 1. The van der Waals surface area contributed by atoms with Crippen LogP contribution in [-0.4, -0.2) is 10.9 Å². The minimum Gasteiger partial charge on any atom is -0.388 e.